The van der Waals surface area contributed by atoms with Gasteiger partial charge in [-0.2, -0.15) is 0 Å². The van der Waals surface area contributed by atoms with Gasteiger partial charge in [-0.1, -0.05) is 12.8 Å². The molecule has 1 saturated carbocycles. The van der Waals surface area contributed by atoms with E-state index in [1.165, 1.54) is 12.8 Å². The van der Waals surface area contributed by atoms with Crippen molar-refractivity contribution in [1.29, 1.82) is 0 Å². The van der Waals surface area contributed by atoms with Crippen molar-refractivity contribution in [2.45, 2.75) is 44.2 Å². The Morgan fingerprint density at radius 1 is 1.15 bits per heavy atom. The summed E-state index contributed by atoms with van der Waals surface area (Å²) >= 11 is 0. The van der Waals surface area contributed by atoms with Crippen molar-refractivity contribution in [3.05, 3.63) is 29.8 Å². The van der Waals surface area contributed by atoms with Crippen LogP contribution in [0.25, 0.3) is 0 Å². The largest absolute Gasteiger partial charge is 0.325 e. The number of rotatable bonds is 2. The van der Waals surface area contributed by atoms with E-state index in [1.54, 1.807) is 0 Å². The van der Waals surface area contributed by atoms with Crippen LogP contribution < -0.4 is 10.6 Å². The molecule has 5 heteroatoms. The molecule has 3 unspecified atom stereocenters. The molecule has 1 heterocycles. The molecule has 3 rings (SSSR count). The zero-order valence-corrected chi connectivity index (χ0v) is 11.2. The third kappa shape index (κ3) is 2.82. The van der Waals surface area contributed by atoms with Gasteiger partial charge in [0.05, 0.1) is 6.04 Å². The van der Waals surface area contributed by atoms with E-state index in [2.05, 4.69) is 10.6 Å². The zero-order valence-electron chi connectivity index (χ0n) is 11.2. The first-order chi connectivity index (χ1) is 9.61. The molecule has 1 amide bonds. The summed E-state index contributed by atoms with van der Waals surface area (Å²) in [6.45, 7) is 0. The van der Waals surface area contributed by atoms with Gasteiger partial charge >= 0.3 is 0 Å². The van der Waals surface area contributed by atoms with E-state index in [0.717, 1.165) is 37.5 Å². The Bertz CT molecular complexity index is 486. The number of carbonyl (C=O) groups excluding carboxylic acids is 1. The van der Waals surface area contributed by atoms with Crippen molar-refractivity contribution in [2.75, 3.05) is 5.32 Å². The van der Waals surface area contributed by atoms with Crippen molar-refractivity contribution >= 4 is 11.6 Å². The van der Waals surface area contributed by atoms with Crippen LogP contribution in [0.15, 0.2) is 18.2 Å². The summed E-state index contributed by atoms with van der Waals surface area (Å²) in [5.41, 5.74) is 0.171. The Morgan fingerprint density at radius 3 is 2.55 bits per heavy atom. The van der Waals surface area contributed by atoms with Crippen LogP contribution in [0.5, 0.6) is 0 Å². The number of anilines is 1. The van der Waals surface area contributed by atoms with E-state index in [1.807, 2.05) is 0 Å². The molecular weight excluding hydrogens is 262 g/mol. The first kappa shape index (κ1) is 13.5. The highest BCUT2D eigenvalue weighted by Crippen LogP contribution is 2.33. The lowest BCUT2D eigenvalue weighted by molar-refractivity contribution is -0.117. The molecule has 3 atom stereocenters. The Morgan fingerprint density at radius 2 is 1.85 bits per heavy atom. The Balaban J connectivity index is 1.64. The molecule has 3 nitrogen and oxygen atoms in total. The van der Waals surface area contributed by atoms with Gasteiger partial charge in [0.15, 0.2) is 0 Å². The van der Waals surface area contributed by atoms with E-state index in [9.17, 15) is 13.6 Å². The lowest BCUT2D eigenvalue weighted by Crippen LogP contribution is -2.39. The lowest BCUT2D eigenvalue weighted by Gasteiger charge is -2.24. The second-order valence-electron chi connectivity index (χ2n) is 5.75. The summed E-state index contributed by atoms with van der Waals surface area (Å²) in [6.07, 6.45) is 5.53. The molecule has 1 aromatic carbocycles. The van der Waals surface area contributed by atoms with Crippen LogP contribution in [0, 0.1) is 17.6 Å². The highest BCUT2D eigenvalue weighted by molar-refractivity contribution is 5.95. The van der Waals surface area contributed by atoms with Crippen molar-refractivity contribution in [2.24, 2.45) is 5.92 Å². The van der Waals surface area contributed by atoms with Gasteiger partial charge in [-0.15, -0.1) is 0 Å². The van der Waals surface area contributed by atoms with Crippen LogP contribution in [0.4, 0.5) is 14.5 Å². The standard InChI is InChI=1S/C15H18F2N2O/c16-10-6-11(17)8-12(7-10)18-15(20)14-5-9-3-1-2-4-13(9)19-14/h6-9,13-14,19H,1-5H2,(H,18,20). The zero-order chi connectivity index (χ0) is 14.1. The average molecular weight is 280 g/mol. The minimum absolute atomic E-state index is 0.171. The molecular formula is C15H18F2N2O. The van der Waals surface area contributed by atoms with Crippen LogP contribution in [-0.2, 0) is 4.79 Å². The van der Waals surface area contributed by atoms with E-state index in [4.69, 9.17) is 0 Å². The van der Waals surface area contributed by atoms with Crippen LogP contribution >= 0.6 is 0 Å². The number of nitrogens with one attached hydrogen (secondary N) is 2. The Kier molecular flexibility index (Phi) is 3.70. The van der Waals surface area contributed by atoms with Crippen molar-refractivity contribution < 1.29 is 13.6 Å². The van der Waals surface area contributed by atoms with Gasteiger partial charge in [0.2, 0.25) is 5.91 Å². The molecule has 20 heavy (non-hydrogen) atoms. The summed E-state index contributed by atoms with van der Waals surface area (Å²) in [6, 6.07) is 3.21. The van der Waals surface area contributed by atoms with Crippen LogP contribution in [0.2, 0.25) is 0 Å². The number of amides is 1. The number of fused-ring (bicyclic) bond motifs is 1. The van der Waals surface area contributed by atoms with Gasteiger partial charge in [0.1, 0.15) is 11.6 Å². The quantitative estimate of drug-likeness (QED) is 0.874. The molecule has 2 fully saturated rings. The van der Waals surface area contributed by atoms with E-state index in [0.29, 0.717) is 12.0 Å². The smallest absolute Gasteiger partial charge is 0.241 e. The third-order valence-corrected chi connectivity index (χ3v) is 4.31. The molecule has 0 radical (unpaired) electrons. The topological polar surface area (TPSA) is 41.1 Å². The number of hydrogen-bond donors (Lipinski definition) is 2. The maximum absolute atomic E-state index is 13.1. The second kappa shape index (κ2) is 5.48. The van der Waals surface area contributed by atoms with Gasteiger partial charge in [-0.05, 0) is 37.3 Å². The fourth-order valence-electron chi connectivity index (χ4n) is 3.38. The minimum Gasteiger partial charge on any atom is -0.325 e. The molecule has 2 aliphatic rings. The molecule has 108 valence electrons. The first-order valence-corrected chi connectivity index (χ1v) is 7.15. The summed E-state index contributed by atoms with van der Waals surface area (Å²) in [7, 11) is 0. The normalized spacial score (nSPS) is 29.0. The number of benzene rings is 1. The van der Waals surface area contributed by atoms with Crippen LogP contribution in [-0.4, -0.2) is 18.0 Å². The SMILES string of the molecule is O=C(Nc1cc(F)cc(F)c1)C1CC2CCCCC2N1. The van der Waals surface area contributed by atoms with Crippen LogP contribution in [0.1, 0.15) is 32.1 Å². The Hall–Kier alpha value is -1.49. The van der Waals surface area contributed by atoms with E-state index < -0.39 is 11.6 Å². The molecule has 1 aliphatic carbocycles. The van der Waals surface area contributed by atoms with Crippen molar-refractivity contribution in [3.63, 3.8) is 0 Å². The Labute approximate surface area is 116 Å². The van der Waals surface area contributed by atoms with Gasteiger partial charge in [-0.25, -0.2) is 8.78 Å². The van der Waals surface area contributed by atoms with Crippen molar-refractivity contribution in [1.82, 2.24) is 5.32 Å². The van der Waals surface area contributed by atoms with Gasteiger partial charge < -0.3 is 10.6 Å². The van der Waals surface area contributed by atoms with Gasteiger partial charge in [0.25, 0.3) is 0 Å². The predicted molar refractivity (Wildman–Crippen MR) is 72.3 cm³/mol. The second-order valence-corrected chi connectivity index (χ2v) is 5.75. The summed E-state index contributed by atoms with van der Waals surface area (Å²) in [5.74, 6) is -1.02. The first-order valence-electron chi connectivity index (χ1n) is 7.15. The average Bonchev–Trinajstić information content (AvgIpc) is 2.81. The molecule has 2 N–H and O–H groups in total. The highest BCUT2D eigenvalue weighted by Gasteiger charge is 2.38. The summed E-state index contributed by atoms with van der Waals surface area (Å²) in [5, 5.41) is 5.94. The maximum Gasteiger partial charge on any atom is 0.241 e. The molecule has 0 spiro atoms. The number of carbonyl (C=O) groups is 1. The summed E-state index contributed by atoms with van der Waals surface area (Å²) in [4.78, 5) is 12.2. The van der Waals surface area contributed by atoms with E-state index >= 15 is 0 Å². The molecule has 0 aromatic heterocycles. The fourth-order valence-corrected chi connectivity index (χ4v) is 3.38. The van der Waals surface area contributed by atoms with E-state index in [-0.39, 0.29) is 17.6 Å². The maximum atomic E-state index is 13.1. The lowest BCUT2D eigenvalue weighted by atomic mass is 9.85. The highest BCUT2D eigenvalue weighted by atomic mass is 19.1. The molecule has 0 bridgehead atoms. The monoisotopic (exact) mass is 280 g/mol. The molecule has 1 saturated heterocycles. The molecule has 1 aliphatic heterocycles. The minimum atomic E-state index is -0.687. The number of hydrogen-bond acceptors (Lipinski definition) is 2. The van der Waals surface area contributed by atoms with Crippen LogP contribution in [0.3, 0.4) is 0 Å². The fraction of sp³-hybridized carbons (Fsp3) is 0.533. The van der Waals surface area contributed by atoms with Gasteiger partial charge in [0, 0.05) is 17.8 Å². The van der Waals surface area contributed by atoms with Gasteiger partial charge in [-0.3, -0.25) is 4.79 Å². The third-order valence-electron chi connectivity index (χ3n) is 4.31. The van der Waals surface area contributed by atoms with Crippen molar-refractivity contribution in [3.8, 4) is 0 Å². The predicted octanol–water partition coefficient (Wildman–Crippen LogP) is 2.82. The summed E-state index contributed by atoms with van der Waals surface area (Å²) < 4.78 is 26.2. The number of halogens is 2. The molecule has 1 aromatic rings.